The summed E-state index contributed by atoms with van der Waals surface area (Å²) < 4.78 is 5.18. The Hall–Kier alpha value is -1.77. The zero-order chi connectivity index (χ0) is 9.97. The predicted octanol–water partition coefficient (Wildman–Crippen LogP) is 1.95. The normalized spacial score (nSPS) is 14.9. The number of para-hydroxylation sites is 2. The molecule has 0 aliphatic carbocycles. The highest BCUT2D eigenvalue weighted by molar-refractivity contribution is 5.99. The maximum Gasteiger partial charge on any atom is 0.235 e. The van der Waals surface area contributed by atoms with E-state index in [1.54, 1.807) is 18.2 Å². The molecular formula is C11H11NO2. The van der Waals surface area contributed by atoms with Gasteiger partial charge in [-0.05, 0) is 12.1 Å². The summed E-state index contributed by atoms with van der Waals surface area (Å²) in [6, 6.07) is 7.48. The van der Waals surface area contributed by atoms with Crippen molar-refractivity contribution in [1.82, 2.24) is 0 Å². The van der Waals surface area contributed by atoms with Crippen LogP contribution < -0.4 is 9.64 Å². The molecular weight excluding hydrogens is 178 g/mol. The summed E-state index contributed by atoms with van der Waals surface area (Å²) in [5.41, 5.74) is 0.800. The molecule has 2 rings (SSSR count). The molecule has 1 aliphatic heterocycles. The van der Waals surface area contributed by atoms with E-state index in [4.69, 9.17) is 4.74 Å². The van der Waals surface area contributed by atoms with Crippen LogP contribution in [0.2, 0.25) is 0 Å². The van der Waals surface area contributed by atoms with Crippen molar-refractivity contribution >= 4 is 11.6 Å². The molecule has 0 saturated heterocycles. The lowest BCUT2D eigenvalue weighted by Crippen LogP contribution is -2.20. The largest absolute Gasteiger partial charge is 0.495 e. The van der Waals surface area contributed by atoms with Gasteiger partial charge in [0.2, 0.25) is 5.91 Å². The number of carbonyl (C=O) groups is 1. The molecule has 14 heavy (non-hydrogen) atoms. The highest BCUT2D eigenvalue weighted by atomic mass is 16.5. The van der Waals surface area contributed by atoms with Crippen LogP contribution in [0.25, 0.3) is 0 Å². The summed E-state index contributed by atoms with van der Waals surface area (Å²) in [6.45, 7) is 0. The van der Waals surface area contributed by atoms with E-state index in [2.05, 4.69) is 0 Å². The minimum atomic E-state index is 0.0782. The second-order valence-corrected chi connectivity index (χ2v) is 3.02. The average molecular weight is 189 g/mol. The van der Waals surface area contributed by atoms with Gasteiger partial charge in [0.1, 0.15) is 5.75 Å². The first-order valence-electron chi connectivity index (χ1n) is 4.44. The fourth-order valence-corrected chi connectivity index (χ4v) is 1.48. The zero-order valence-corrected chi connectivity index (χ0v) is 7.93. The molecule has 1 heterocycles. The molecule has 0 fully saturated rings. The Kier molecular flexibility index (Phi) is 2.23. The summed E-state index contributed by atoms with van der Waals surface area (Å²) >= 11 is 0. The summed E-state index contributed by atoms with van der Waals surface area (Å²) in [5.74, 6) is 0.793. The number of amides is 1. The molecule has 0 saturated carbocycles. The Labute approximate surface area is 82.6 Å². The third-order valence-corrected chi connectivity index (χ3v) is 2.16. The van der Waals surface area contributed by atoms with Crippen LogP contribution in [0, 0.1) is 0 Å². The molecule has 0 bridgehead atoms. The Balaban J connectivity index is 2.40. The van der Waals surface area contributed by atoms with Crippen LogP contribution >= 0.6 is 0 Å². The van der Waals surface area contributed by atoms with Crippen LogP contribution in [-0.4, -0.2) is 13.0 Å². The van der Waals surface area contributed by atoms with Gasteiger partial charge >= 0.3 is 0 Å². The van der Waals surface area contributed by atoms with Crippen molar-refractivity contribution in [2.45, 2.75) is 6.42 Å². The molecule has 3 heteroatoms. The number of rotatable bonds is 2. The minimum Gasteiger partial charge on any atom is -0.495 e. The van der Waals surface area contributed by atoms with Gasteiger partial charge in [-0.2, -0.15) is 0 Å². The van der Waals surface area contributed by atoms with Gasteiger partial charge in [-0.3, -0.25) is 9.69 Å². The van der Waals surface area contributed by atoms with Gasteiger partial charge in [-0.15, -0.1) is 0 Å². The molecule has 0 spiro atoms. The maximum atomic E-state index is 11.5. The lowest BCUT2D eigenvalue weighted by Gasteiger charge is -2.16. The van der Waals surface area contributed by atoms with Crippen molar-refractivity contribution in [3.8, 4) is 5.75 Å². The van der Waals surface area contributed by atoms with Crippen molar-refractivity contribution in [2.24, 2.45) is 0 Å². The fourth-order valence-electron chi connectivity index (χ4n) is 1.48. The highest BCUT2D eigenvalue weighted by Crippen LogP contribution is 2.30. The topological polar surface area (TPSA) is 29.5 Å². The maximum absolute atomic E-state index is 11.5. The van der Waals surface area contributed by atoms with Gasteiger partial charge in [-0.25, -0.2) is 0 Å². The molecule has 72 valence electrons. The van der Waals surface area contributed by atoms with Crippen molar-refractivity contribution in [3.05, 3.63) is 36.5 Å². The summed E-state index contributed by atoms with van der Waals surface area (Å²) in [5, 5.41) is 0. The third kappa shape index (κ3) is 1.37. The number of anilines is 1. The summed E-state index contributed by atoms with van der Waals surface area (Å²) in [4.78, 5) is 13.1. The first-order valence-corrected chi connectivity index (χ1v) is 4.44. The molecule has 1 amide bonds. The number of nitrogens with zero attached hydrogens (tertiary/aromatic N) is 1. The molecule has 1 aromatic carbocycles. The number of hydrogen-bond acceptors (Lipinski definition) is 2. The second-order valence-electron chi connectivity index (χ2n) is 3.02. The van der Waals surface area contributed by atoms with E-state index in [9.17, 15) is 4.79 Å². The molecule has 3 nitrogen and oxygen atoms in total. The van der Waals surface area contributed by atoms with E-state index in [0.29, 0.717) is 12.2 Å². The van der Waals surface area contributed by atoms with E-state index in [-0.39, 0.29) is 5.91 Å². The summed E-state index contributed by atoms with van der Waals surface area (Å²) in [6.07, 6.45) is 4.09. The lowest BCUT2D eigenvalue weighted by atomic mass is 10.2. The molecule has 0 atom stereocenters. The average Bonchev–Trinajstić information content (AvgIpc) is 2.64. The van der Waals surface area contributed by atoms with Crippen LogP contribution in [0.5, 0.6) is 5.75 Å². The third-order valence-electron chi connectivity index (χ3n) is 2.16. The van der Waals surface area contributed by atoms with Gasteiger partial charge in [-0.1, -0.05) is 18.2 Å². The number of benzene rings is 1. The monoisotopic (exact) mass is 189 g/mol. The van der Waals surface area contributed by atoms with E-state index in [1.807, 2.05) is 30.3 Å². The van der Waals surface area contributed by atoms with Crippen LogP contribution in [0.3, 0.4) is 0 Å². The molecule has 1 aliphatic rings. The number of methoxy groups -OCH3 is 1. The Morgan fingerprint density at radius 3 is 2.79 bits per heavy atom. The van der Waals surface area contributed by atoms with Crippen LogP contribution in [0.4, 0.5) is 5.69 Å². The molecule has 0 radical (unpaired) electrons. The zero-order valence-electron chi connectivity index (χ0n) is 7.93. The standard InChI is InChI=1S/C11H11NO2/c1-14-10-6-3-2-5-9(10)12-8-4-7-11(12)13/h2-6,8H,7H2,1H3. The molecule has 0 N–H and O–H groups in total. The summed E-state index contributed by atoms with van der Waals surface area (Å²) in [7, 11) is 1.60. The molecule has 0 aromatic heterocycles. The van der Waals surface area contributed by atoms with Crippen LogP contribution in [0.15, 0.2) is 36.5 Å². The van der Waals surface area contributed by atoms with Gasteiger partial charge in [0.05, 0.1) is 12.8 Å². The minimum absolute atomic E-state index is 0.0782. The highest BCUT2D eigenvalue weighted by Gasteiger charge is 2.19. The second kappa shape index (κ2) is 3.54. The van der Waals surface area contributed by atoms with E-state index < -0.39 is 0 Å². The number of ether oxygens (including phenoxy) is 1. The fraction of sp³-hybridized carbons (Fsp3) is 0.182. The van der Waals surface area contributed by atoms with Crippen LogP contribution in [-0.2, 0) is 4.79 Å². The smallest absolute Gasteiger partial charge is 0.235 e. The molecule has 0 unspecified atom stereocenters. The quantitative estimate of drug-likeness (QED) is 0.711. The first-order chi connectivity index (χ1) is 6.83. The van der Waals surface area contributed by atoms with Gasteiger partial charge in [0, 0.05) is 12.6 Å². The van der Waals surface area contributed by atoms with Crippen LogP contribution in [0.1, 0.15) is 6.42 Å². The van der Waals surface area contributed by atoms with Gasteiger partial charge in [0.15, 0.2) is 0 Å². The molecule has 1 aromatic rings. The van der Waals surface area contributed by atoms with Gasteiger partial charge < -0.3 is 4.74 Å². The SMILES string of the molecule is COc1ccccc1N1C=CCC1=O. The van der Waals surface area contributed by atoms with Crippen molar-refractivity contribution in [1.29, 1.82) is 0 Å². The first kappa shape index (κ1) is 8.81. The Morgan fingerprint density at radius 2 is 2.14 bits per heavy atom. The van der Waals surface area contributed by atoms with E-state index in [1.165, 1.54) is 0 Å². The van der Waals surface area contributed by atoms with E-state index in [0.717, 1.165) is 5.69 Å². The Bertz CT molecular complexity index is 385. The Morgan fingerprint density at radius 1 is 1.36 bits per heavy atom. The lowest BCUT2D eigenvalue weighted by molar-refractivity contribution is -0.116. The number of carbonyl (C=O) groups excluding carboxylic acids is 1. The van der Waals surface area contributed by atoms with Crippen molar-refractivity contribution < 1.29 is 9.53 Å². The van der Waals surface area contributed by atoms with Crippen molar-refractivity contribution in [2.75, 3.05) is 12.0 Å². The number of hydrogen-bond donors (Lipinski definition) is 0. The van der Waals surface area contributed by atoms with E-state index >= 15 is 0 Å². The van der Waals surface area contributed by atoms with Gasteiger partial charge in [0.25, 0.3) is 0 Å². The predicted molar refractivity (Wildman–Crippen MR) is 54.2 cm³/mol. The van der Waals surface area contributed by atoms with Crippen molar-refractivity contribution in [3.63, 3.8) is 0 Å².